The highest BCUT2D eigenvalue weighted by atomic mass is 16.1. The Morgan fingerprint density at radius 1 is 0.868 bits per heavy atom. The van der Waals surface area contributed by atoms with Crippen molar-refractivity contribution in [1.29, 1.82) is 0 Å². The summed E-state index contributed by atoms with van der Waals surface area (Å²) in [4.78, 5) is 17.3. The van der Waals surface area contributed by atoms with Crippen molar-refractivity contribution >= 4 is 22.5 Å². The van der Waals surface area contributed by atoms with Gasteiger partial charge in [-0.3, -0.25) is 4.79 Å². The lowest BCUT2D eigenvalue weighted by molar-refractivity contribution is -0.116. The third kappa shape index (κ3) is 4.32. The Morgan fingerprint density at radius 3 is 2.42 bits per heavy atom. The summed E-state index contributed by atoms with van der Waals surface area (Å²) in [5, 5.41) is 2.75. The van der Waals surface area contributed by atoms with Crippen LogP contribution in [0, 0.1) is 13.8 Å². The second kappa shape index (κ2) is 9.79. The quantitative estimate of drug-likeness (QED) is 0.283. The number of carbonyl (C=O) groups is 1. The zero-order valence-corrected chi connectivity index (χ0v) is 22.1. The van der Waals surface area contributed by atoms with Crippen LogP contribution in [0.25, 0.3) is 27.7 Å². The molecule has 38 heavy (non-hydrogen) atoms. The smallest absolute Gasteiger partial charge is 0.244 e. The van der Waals surface area contributed by atoms with Gasteiger partial charge in [-0.1, -0.05) is 72.8 Å². The Bertz CT molecular complexity index is 1710. The van der Waals surface area contributed by atoms with Crippen molar-refractivity contribution < 1.29 is 4.79 Å². The summed E-state index contributed by atoms with van der Waals surface area (Å²) in [6, 6.07) is 30.2. The SMILES string of the molecule is CNC(=O)C=C1c2ccccc2CCc2cc(Cn3c(C)nc4c(C)cc(-c5ccccc5)cc43)ccc21. The Kier molecular flexibility index (Phi) is 6.16. The molecular formula is C34H31N3O. The second-order valence-corrected chi connectivity index (χ2v) is 10.1. The molecule has 1 aliphatic rings. The Morgan fingerprint density at radius 2 is 1.61 bits per heavy atom. The number of nitrogens with one attached hydrogen (secondary N) is 1. The van der Waals surface area contributed by atoms with Gasteiger partial charge >= 0.3 is 0 Å². The number of carbonyl (C=O) groups excluding carboxylic acids is 1. The first-order valence-electron chi connectivity index (χ1n) is 13.2. The highest BCUT2D eigenvalue weighted by Crippen LogP contribution is 2.35. The van der Waals surface area contributed by atoms with Gasteiger partial charge in [0, 0.05) is 19.7 Å². The van der Waals surface area contributed by atoms with Crippen molar-refractivity contribution in [3.63, 3.8) is 0 Å². The molecule has 0 fully saturated rings. The zero-order valence-electron chi connectivity index (χ0n) is 22.1. The monoisotopic (exact) mass is 497 g/mol. The zero-order chi connectivity index (χ0) is 26.2. The molecular weight excluding hydrogens is 466 g/mol. The maximum absolute atomic E-state index is 12.4. The van der Waals surface area contributed by atoms with Gasteiger partial charge in [0.25, 0.3) is 0 Å². The van der Waals surface area contributed by atoms with Crippen molar-refractivity contribution in [3.05, 3.63) is 130 Å². The molecule has 0 saturated heterocycles. The number of benzene rings is 4. The van der Waals surface area contributed by atoms with Gasteiger partial charge in [-0.05, 0) is 88.9 Å². The van der Waals surface area contributed by atoms with E-state index in [-0.39, 0.29) is 5.91 Å². The van der Waals surface area contributed by atoms with E-state index in [1.54, 1.807) is 13.1 Å². The molecule has 0 aliphatic heterocycles. The third-order valence-corrected chi connectivity index (χ3v) is 7.64. The van der Waals surface area contributed by atoms with E-state index < -0.39 is 0 Å². The van der Waals surface area contributed by atoms with Crippen LogP contribution in [0.5, 0.6) is 0 Å². The number of aryl methyl sites for hydroxylation is 4. The van der Waals surface area contributed by atoms with Crippen molar-refractivity contribution in [2.45, 2.75) is 33.2 Å². The summed E-state index contributed by atoms with van der Waals surface area (Å²) in [5.41, 5.74) is 12.9. The average Bonchev–Trinajstić information content (AvgIpc) is 3.17. The molecule has 0 atom stereocenters. The number of amides is 1. The summed E-state index contributed by atoms with van der Waals surface area (Å²) < 4.78 is 2.32. The number of aromatic nitrogens is 2. The number of imidazole rings is 1. The van der Waals surface area contributed by atoms with E-state index in [1.165, 1.54) is 33.4 Å². The predicted octanol–water partition coefficient (Wildman–Crippen LogP) is 6.64. The molecule has 0 spiro atoms. The lowest BCUT2D eigenvalue weighted by Crippen LogP contribution is -2.15. The maximum Gasteiger partial charge on any atom is 0.244 e. The molecule has 0 bridgehead atoms. The highest BCUT2D eigenvalue weighted by molar-refractivity contribution is 6.00. The molecule has 1 N–H and O–H groups in total. The Labute approximate surface area is 223 Å². The maximum atomic E-state index is 12.4. The minimum atomic E-state index is -0.0863. The van der Waals surface area contributed by atoms with Gasteiger partial charge in [0.15, 0.2) is 0 Å². The molecule has 4 aromatic carbocycles. The molecule has 1 aliphatic carbocycles. The fourth-order valence-corrected chi connectivity index (χ4v) is 5.68. The first-order chi connectivity index (χ1) is 18.5. The van der Waals surface area contributed by atoms with Crippen molar-refractivity contribution in [3.8, 4) is 11.1 Å². The van der Waals surface area contributed by atoms with Gasteiger partial charge in [0.05, 0.1) is 11.0 Å². The molecule has 0 unspecified atom stereocenters. The number of hydrogen-bond acceptors (Lipinski definition) is 2. The van der Waals surface area contributed by atoms with Crippen LogP contribution < -0.4 is 5.32 Å². The summed E-state index contributed by atoms with van der Waals surface area (Å²) in [5.74, 6) is 0.924. The van der Waals surface area contributed by atoms with Crippen molar-refractivity contribution in [2.24, 2.45) is 0 Å². The first kappa shape index (κ1) is 23.9. The fourth-order valence-electron chi connectivity index (χ4n) is 5.68. The number of nitrogens with zero attached hydrogens (tertiary/aromatic N) is 2. The van der Waals surface area contributed by atoms with Crippen LogP contribution in [0.15, 0.2) is 91.0 Å². The first-order valence-corrected chi connectivity index (χ1v) is 13.2. The van der Waals surface area contributed by atoms with Crippen LogP contribution in [-0.4, -0.2) is 22.5 Å². The minimum Gasteiger partial charge on any atom is -0.356 e. The van der Waals surface area contributed by atoms with Gasteiger partial charge in [0.1, 0.15) is 5.82 Å². The minimum absolute atomic E-state index is 0.0863. The van der Waals surface area contributed by atoms with Gasteiger partial charge < -0.3 is 9.88 Å². The molecule has 188 valence electrons. The lowest BCUT2D eigenvalue weighted by Gasteiger charge is -2.14. The van der Waals surface area contributed by atoms with E-state index in [9.17, 15) is 4.79 Å². The summed E-state index contributed by atoms with van der Waals surface area (Å²) in [7, 11) is 1.68. The van der Waals surface area contributed by atoms with Crippen LogP contribution >= 0.6 is 0 Å². The second-order valence-electron chi connectivity index (χ2n) is 10.1. The van der Waals surface area contributed by atoms with Gasteiger partial charge in [-0.2, -0.15) is 0 Å². The normalized spacial score (nSPS) is 13.7. The van der Waals surface area contributed by atoms with Gasteiger partial charge in [-0.25, -0.2) is 4.98 Å². The molecule has 0 radical (unpaired) electrons. The summed E-state index contributed by atoms with van der Waals surface area (Å²) in [6.45, 7) is 4.98. The molecule has 1 aromatic heterocycles. The molecule has 6 rings (SSSR count). The Balaban J connectivity index is 1.42. The van der Waals surface area contributed by atoms with Gasteiger partial charge in [-0.15, -0.1) is 0 Å². The molecule has 4 heteroatoms. The van der Waals surface area contributed by atoms with Crippen molar-refractivity contribution in [1.82, 2.24) is 14.9 Å². The largest absolute Gasteiger partial charge is 0.356 e. The Hall–Kier alpha value is -4.44. The van der Waals surface area contributed by atoms with Crippen LogP contribution in [0.4, 0.5) is 0 Å². The molecule has 1 heterocycles. The van der Waals surface area contributed by atoms with E-state index >= 15 is 0 Å². The number of rotatable bonds is 4. The number of likely N-dealkylation sites (N-methyl/N-ethyl adjacent to an activating group) is 1. The topological polar surface area (TPSA) is 46.9 Å². The van der Waals surface area contributed by atoms with E-state index in [2.05, 4.69) is 109 Å². The van der Waals surface area contributed by atoms with E-state index in [0.717, 1.165) is 52.9 Å². The molecule has 4 nitrogen and oxygen atoms in total. The highest BCUT2D eigenvalue weighted by Gasteiger charge is 2.20. The molecule has 0 saturated carbocycles. The van der Waals surface area contributed by atoms with Crippen LogP contribution in [0.2, 0.25) is 0 Å². The van der Waals surface area contributed by atoms with Crippen molar-refractivity contribution in [2.75, 3.05) is 7.05 Å². The summed E-state index contributed by atoms with van der Waals surface area (Å²) >= 11 is 0. The van der Waals surface area contributed by atoms with Gasteiger partial charge in [0.2, 0.25) is 5.91 Å². The average molecular weight is 498 g/mol. The van der Waals surface area contributed by atoms with Crippen LogP contribution in [-0.2, 0) is 24.2 Å². The fraction of sp³-hybridized carbons (Fsp3) is 0.176. The molecule has 1 amide bonds. The van der Waals surface area contributed by atoms with E-state index in [4.69, 9.17) is 4.98 Å². The third-order valence-electron chi connectivity index (χ3n) is 7.64. The van der Waals surface area contributed by atoms with E-state index in [0.29, 0.717) is 0 Å². The lowest BCUT2D eigenvalue weighted by atomic mass is 9.92. The predicted molar refractivity (Wildman–Crippen MR) is 155 cm³/mol. The molecule has 5 aromatic rings. The van der Waals surface area contributed by atoms with Crippen LogP contribution in [0.3, 0.4) is 0 Å². The number of fused-ring (bicyclic) bond motifs is 3. The van der Waals surface area contributed by atoms with E-state index in [1.807, 2.05) is 0 Å². The number of hydrogen-bond donors (Lipinski definition) is 1. The van der Waals surface area contributed by atoms with Crippen LogP contribution in [0.1, 0.15) is 39.2 Å². The summed E-state index contributed by atoms with van der Waals surface area (Å²) in [6.07, 6.45) is 3.63. The standard InChI is InChI=1S/C34H31N3O/c1-22-17-28(25-9-5-4-6-10-25)19-32-34(22)36-23(2)37(32)21-24-13-16-30-27(18-24)15-14-26-11-7-8-12-29(26)31(30)20-33(38)35-3/h4-13,16-20H,14-15,21H2,1-3H3,(H,35,38).